The molecule has 0 aliphatic heterocycles. The zero-order valence-corrected chi connectivity index (χ0v) is 10.9. The van der Waals surface area contributed by atoms with Crippen molar-refractivity contribution in [2.75, 3.05) is 6.54 Å². The third-order valence-corrected chi connectivity index (χ3v) is 3.82. The lowest BCUT2D eigenvalue weighted by atomic mass is 10.1. The Morgan fingerprint density at radius 3 is 2.28 bits per heavy atom. The summed E-state index contributed by atoms with van der Waals surface area (Å²) >= 11 is 0. The highest BCUT2D eigenvalue weighted by atomic mass is 32.2. The Morgan fingerprint density at radius 1 is 1.33 bits per heavy atom. The van der Waals surface area contributed by atoms with E-state index in [1.165, 1.54) is 12.1 Å². The van der Waals surface area contributed by atoms with E-state index in [2.05, 4.69) is 4.72 Å². The summed E-state index contributed by atoms with van der Waals surface area (Å²) in [6.45, 7) is 2.24. The highest BCUT2D eigenvalue weighted by Gasteiger charge is 2.31. The van der Waals surface area contributed by atoms with E-state index in [4.69, 9.17) is 5.11 Å². The van der Waals surface area contributed by atoms with Crippen LogP contribution in [0.25, 0.3) is 0 Å². The van der Waals surface area contributed by atoms with E-state index in [0.717, 1.165) is 12.5 Å². The molecule has 1 rings (SSSR count). The van der Waals surface area contributed by atoms with Gasteiger partial charge in [-0.15, -0.1) is 0 Å². The van der Waals surface area contributed by atoms with Crippen molar-refractivity contribution in [2.45, 2.75) is 24.3 Å². The minimum Gasteiger partial charge on any atom is -0.479 e. The van der Waals surface area contributed by atoms with Crippen LogP contribution in [0, 0.1) is 6.92 Å². The molecule has 0 saturated heterocycles. The summed E-state index contributed by atoms with van der Waals surface area (Å²) in [6, 6.07) is 6.08. The van der Waals surface area contributed by atoms with Crippen LogP contribution in [0.2, 0.25) is 0 Å². The van der Waals surface area contributed by atoms with E-state index in [-0.39, 0.29) is 4.90 Å². The Bertz CT molecular complexity index is 533. The zero-order chi connectivity index (χ0) is 14.0. The van der Waals surface area contributed by atoms with Crippen LogP contribution >= 0.6 is 0 Å². The molecule has 6 nitrogen and oxygen atoms in total. The molecule has 1 aromatic rings. The SMILES string of the molecule is Cc1ccc(S(=O)(=O)NCC(C)(O)C(=O)O)cc1. The molecule has 0 aromatic heterocycles. The molecule has 0 amide bonds. The smallest absolute Gasteiger partial charge is 0.336 e. The number of aliphatic carboxylic acids is 1. The lowest BCUT2D eigenvalue weighted by Crippen LogP contribution is -2.46. The van der Waals surface area contributed by atoms with Crippen molar-refractivity contribution in [3.05, 3.63) is 29.8 Å². The van der Waals surface area contributed by atoms with Crippen molar-refractivity contribution in [3.63, 3.8) is 0 Å². The van der Waals surface area contributed by atoms with Crippen molar-refractivity contribution in [3.8, 4) is 0 Å². The molecule has 7 heteroatoms. The molecule has 1 unspecified atom stereocenters. The Kier molecular flexibility index (Phi) is 4.10. The van der Waals surface area contributed by atoms with Crippen LogP contribution in [0.15, 0.2) is 29.2 Å². The fraction of sp³-hybridized carbons (Fsp3) is 0.364. The third kappa shape index (κ3) is 3.52. The standard InChI is InChI=1S/C11H15NO5S/c1-8-3-5-9(6-4-8)18(16,17)12-7-11(2,15)10(13)14/h3-6,12,15H,7H2,1-2H3,(H,13,14). The average molecular weight is 273 g/mol. The van der Waals surface area contributed by atoms with E-state index in [1.807, 2.05) is 6.92 Å². The fourth-order valence-corrected chi connectivity index (χ4v) is 2.24. The van der Waals surface area contributed by atoms with Gasteiger partial charge in [-0.1, -0.05) is 17.7 Å². The normalized spacial score (nSPS) is 15.1. The lowest BCUT2D eigenvalue weighted by Gasteiger charge is -2.18. The molecule has 0 radical (unpaired) electrons. The Hall–Kier alpha value is -1.44. The van der Waals surface area contributed by atoms with Crippen molar-refractivity contribution in [2.24, 2.45) is 0 Å². The quantitative estimate of drug-likeness (QED) is 0.706. The number of benzene rings is 1. The predicted octanol–water partition coefficient (Wildman–Crippen LogP) is 0.109. The maximum atomic E-state index is 11.8. The molecule has 3 N–H and O–H groups in total. The third-order valence-electron chi connectivity index (χ3n) is 2.40. The van der Waals surface area contributed by atoms with Gasteiger partial charge in [0.1, 0.15) is 0 Å². The van der Waals surface area contributed by atoms with Crippen LogP contribution in [0.5, 0.6) is 0 Å². The van der Waals surface area contributed by atoms with Gasteiger partial charge in [0.25, 0.3) is 0 Å². The van der Waals surface area contributed by atoms with E-state index in [0.29, 0.717) is 0 Å². The molecule has 1 aromatic carbocycles. The number of carboxylic acids is 1. The summed E-state index contributed by atoms with van der Waals surface area (Å²) in [6.07, 6.45) is 0. The van der Waals surface area contributed by atoms with Crippen LogP contribution in [0.4, 0.5) is 0 Å². The highest BCUT2D eigenvalue weighted by molar-refractivity contribution is 7.89. The number of carbonyl (C=O) groups is 1. The number of aryl methyl sites for hydroxylation is 1. The first-order valence-corrected chi connectivity index (χ1v) is 6.65. The largest absolute Gasteiger partial charge is 0.479 e. The Labute approximate surface area is 105 Å². The average Bonchev–Trinajstić information content (AvgIpc) is 2.27. The van der Waals surface area contributed by atoms with Gasteiger partial charge in [-0.25, -0.2) is 17.9 Å². The maximum Gasteiger partial charge on any atom is 0.336 e. The molecule has 0 aliphatic rings. The summed E-state index contributed by atoms with van der Waals surface area (Å²) in [5, 5.41) is 18.1. The molecule has 0 heterocycles. The molecular formula is C11H15NO5S. The van der Waals surface area contributed by atoms with Gasteiger partial charge in [0.15, 0.2) is 5.60 Å². The first-order valence-electron chi connectivity index (χ1n) is 5.17. The van der Waals surface area contributed by atoms with Crippen LogP contribution in [-0.4, -0.2) is 36.7 Å². The van der Waals surface area contributed by atoms with Crippen molar-refractivity contribution >= 4 is 16.0 Å². The maximum absolute atomic E-state index is 11.8. The number of carboxylic acid groups (broad SMARTS) is 1. The van der Waals surface area contributed by atoms with Gasteiger partial charge in [-0.3, -0.25) is 0 Å². The molecule has 0 bridgehead atoms. The highest BCUT2D eigenvalue weighted by Crippen LogP contribution is 2.11. The second kappa shape index (κ2) is 5.05. The Balaban J connectivity index is 2.84. The zero-order valence-electron chi connectivity index (χ0n) is 10.0. The van der Waals surface area contributed by atoms with Crippen molar-refractivity contribution in [1.29, 1.82) is 0 Å². The second-order valence-electron chi connectivity index (χ2n) is 4.22. The van der Waals surface area contributed by atoms with Gasteiger partial charge in [0.2, 0.25) is 10.0 Å². The number of aliphatic hydroxyl groups is 1. The number of hydrogen-bond donors (Lipinski definition) is 3. The fourth-order valence-electron chi connectivity index (χ4n) is 1.11. The molecule has 0 aliphatic carbocycles. The van der Waals surface area contributed by atoms with Crippen LogP contribution in [0.1, 0.15) is 12.5 Å². The van der Waals surface area contributed by atoms with Gasteiger partial charge in [0, 0.05) is 0 Å². The van der Waals surface area contributed by atoms with Crippen LogP contribution < -0.4 is 4.72 Å². The summed E-state index contributed by atoms with van der Waals surface area (Å²) in [4.78, 5) is 10.7. The van der Waals surface area contributed by atoms with Crippen LogP contribution in [-0.2, 0) is 14.8 Å². The minimum atomic E-state index is -3.82. The monoisotopic (exact) mass is 273 g/mol. The summed E-state index contributed by atoms with van der Waals surface area (Å²) in [7, 11) is -3.82. The first-order chi connectivity index (χ1) is 8.15. The predicted molar refractivity (Wildman–Crippen MR) is 64.6 cm³/mol. The summed E-state index contributed by atoms with van der Waals surface area (Å²) < 4.78 is 25.7. The van der Waals surface area contributed by atoms with E-state index in [9.17, 15) is 18.3 Å². The minimum absolute atomic E-state index is 0.0225. The second-order valence-corrected chi connectivity index (χ2v) is 5.98. The Morgan fingerprint density at radius 2 is 1.83 bits per heavy atom. The van der Waals surface area contributed by atoms with Crippen LogP contribution in [0.3, 0.4) is 0 Å². The molecule has 0 saturated carbocycles. The van der Waals surface area contributed by atoms with Gasteiger partial charge < -0.3 is 10.2 Å². The summed E-state index contributed by atoms with van der Waals surface area (Å²) in [5.74, 6) is -1.49. The van der Waals surface area contributed by atoms with E-state index < -0.39 is 28.1 Å². The molecule has 0 fully saturated rings. The number of hydrogen-bond acceptors (Lipinski definition) is 4. The number of rotatable bonds is 5. The van der Waals surface area contributed by atoms with Crippen molar-refractivity contribution in [1.82, 2.24) is 4.72 Å². The first kappa shape index (κ1) is 14.6. The molecule has 0 spiro atoms. The van der Waals surface area contributed by atoms with Gasteiger partial charge in [-0.05, 0) is 26.0 Å². The topological polar surface area (TPSA) is 104 Å². The van der Waals surface area contributed by atoms with Gasteiger partial charge in [-0.2, -0.15) is 0 Å². The van der Waals surface area contributed by atoms with Crippen molar-refractivity contribution < 1.29 is 23.4 Å². The van der Waals surface area contributed by atoms with E-state index in [1.54, 1.807) is 12.1 Å². The molecule has 18 heavy (non-hydrogen) atoms. The molecular weight excluding hydrogens is 258 g/mol. The van der Waals surface area contributed by atoms with E-state index >= 15 is 0 Å². The van der Waals surface area contributed by atoms with Gasteiger partial charge >= 0.3 is 5.97 Å². The summed E-state index contributed by atoms with van der Waals surface area (Å²) in [5.41, 5.74) is -1.23. The number of nitrogens with one attached hydrogen (secondary N) is 1. The van der Waals surface area contributed by atoms with Gasteiger partial charge in [0.05, 0.1) is 11.4 Å². The molecule has 1 atom stereocenters. The number of sulfonamides is 1. The lowest BCUT2D eigenvalue weighted by molar-refractivity contribution is -0.155. The molecule has 100 valence electrons.